The van der Waals surface area contributed by atoms with Crippen molar-refractivity contribution in [1.82, 2.24) is 0 Å². The number of fused-ring (bicyclic) bond motifs is 6. The zero-order valence-corrected chi connectivity index (χ0v) is 30.9. The smallest absolute Gasteiger partial charge is 0.0546 e. The highest BCUT2D eigenvalue weighted by atomic mass is 15.1. The lowest BCUT2D eigenvalue weighted by Gasteiger charge is -2.32. The summed E-state index contributed by atoms with van der Waals surface area (Å²) in [5.41, 5.74) is 19.8. The Morgan fingerprint density at radius 1 is 0.352 bits per heavy atom. The van der Waals surface area contributed by atoms with Crippen LogP contribution in [-0.4, -0.2) is 0 Å². The molecule has 2 aliphatic rings. The van der Waals surface area contributed by atoms with E-state index in [9.17, 15) is 0 Å². The highest BCUT2D eigenvalue weighted by Crippen LogP contribution is 2.58. The summed E-state index contributed by atoms with van der Waals surface area (Å²) in [5.74, 6) is 0. The van der Waals surface area contributed by atoms with Gasteiger partial charge in [-0.3, -0.25) is 0 Å². The van der Waals surface area contributed by atoms with E-state index in [0.717, 1.165) is 11.4 Å². The average molecular weight is 692 g/mol. The van der Waals surface area contributed by atoms with Crippen LogP contribution in [0.3, 0.4) is 0 Å². The summed E-state index contributed by atoms with van der Waals surface area (Å²) < 4.78 is 0. The first-order valence-corrected chi connectivity index (χ1v) is 19.0. The fourth-order valence-corrected chi connectivity index (χ4v) is 9.53. The van der Waals surface area contributed by atoms with Gasteiger partial charge in [-0.2, -0.15) is 0 Å². The van der Waals surface area contributed by atoms with Crippen LogP contribution in [0.4, 0.5) is 17.1 Å². The molecule has 8 aromatic carbocycles. The maximum absolute atomic E-state index is 2.55. The molecule has 258 valence electrons. The third-order valence-electron chi connectivity index (χ3n) is 12.2. The summed E-state index contributed by atoms with van der Waals surface area (Å²) in [5, 5.41) is 0. The predicted molar refractivity (Wildman–Crippen MR) is 227 cm³/mol. The Bertz CT molecular complexity index is 2690. The average Bonchev–Trinajstić information content (AvgIpc) is 3.63. The molecule has 0 heterocycles. The SMILES string of the molecule is CC1(C)c2ccccc2-c2c(N(c3ccc4c(c3)-c3ccccc3C4(C)c3ccccc3)c3cccc(-c4ccccc4)c3-c3ccccc3)cccc21. The summed E-state index contributed by atoms with van der Waals surface area (Å²) in [4.78, 5) is 2.55. The Hall–Kier alpha value is -6.44. The Morgan fingerprint density at radius 2 is 0.870 bits per heavy atom. The summed E-state index contributed by atoms with van der Waals surface area (Å²) in [6.07, 6.45) is 0. The van der Waals surface area contributed by atoms with Gasteiger partial charge in [-0.25, -0.2) is 0 Å². The fourth-order valence-electron chi connectivity index (χ4n) is 9.53. The Balaban J connectivity index is 1.29. The molecule has 0 radical (unpaired) electrons. The highest BCUT2D eigenvalue weighted by Gasteiger charge is 2.42. The van der Waals surface area contributed by atoms with Gasteiger partial charge in [0.25, 0.3) is 0 Å². The van der Waals surface area contributed by atoms with E-state index in [0.29, 0.717) is 0 Å². The molecule has 10 rings (SSSR count). The molecule has 0 fully saturated rings. The quantitative estimate of drug-likeness (QED) is 0.168. The van der Waals surface area contributed by atoms with Crippen molar-refractivity contribution in [2.24, 2.45) is 0 Å². The van der Waals surface area contributed by atoms with Crippen molar-refractivity contribution in [3.05, 3.63) is 222 Å². The van der Waals surface area contributed by atoms with E-state index in [1.807, 2.05) is 0 Å². The number of anilines is 3. The van der Waals surface area contributed by atoms with Crippen LogP contribution in [0.1, 0.15) is 48.6 Å². The van der Waals surface area contributed by atoms with E-state index in [-0.39, 0.29) is 10.8 Å². The van der Waals surface area contributed by atoms with Crippen LogP contribution in [0.5, 0.6) is 0 Å². The molecule has 0 amide bonds. The maximum atomic E-state index is 2.55. The lowest BCUT2D eigenvalue weighted by atomic mass is 9.74. The largest absolute Gasteiger partial charge is 0.309 e. The van der Waals surface area contributed by atoms with Gasteiger partial charge in [0.05, 0.1) is 11.4 Å². The molecule has 0 N–H and O–H groups in total. The van der Waals surface area contributed by atoms with Crippen molar-refractivity contribution in [2.75, 3.05) is 4.90 Å². The summed E-state index contributed by atoms with van der Waals surface area (Å²) in [6.45, 7) is 7.13. The Morgan fingerprint density at radius 3 is 1.59 bits per heavy atom. The van der Waals surface area contributed by atoms with Crippen molar-refractivity contribution in [3.8, 4) is 44.5 Å². The molecule has 0 aromatic heterocycles. The van der Waals surface area contributed by atoms with Crippen molar-refractivity contribution >= 4 is 17.1 Å². The molecular formula is C53H41N. The van der Waals surface area contributed by atoms with Crippen LogP contribution in [0.25, 0.3) is 44.5 Å². The van der Waals surface area contributed by atoms with Gasteiger partial charge in [0, 0.05) is 27.6 Å². The van der Waals surface area contributed by atoms with Crippen molar-refractivity contribution in [3.63, 3.8) is 0 Å². The number of benzene rings is 8. The molecular weight excluding hydrogens is 651 g/mol. The van der Waals surface area contributed by atoms with Crippen molar-refractivity contribution < 1.29 is 0 Å². The number of hydrogen-bond acceptors (Lipinski definition) is 1. The van der Waals surface area contributed by atoms with Gasteiger partial charge in [0.15, 0.2) is 0 Å². The maximum Gasteiger partial charge on any atom is 0.0546 e. The molecule has 1 unspecified atom stereocenters. The van der Waals surface area contributed by atoms with Gasteiger partial charge in [-0.05, 0) is 92.4 Å². The molecule has 1 atom stereocenters. The van der Waals surface area contributed by atoms with Crippen LogP contribution in [0.2, 0.25) is 0 Å². The van der Waals surface area contributed by atoms with Crippen LogP contribution in [0.15, 0.2) is 194 Å². The lowest BCUT2D eigenvalue weighted by molar-refractivity contribution is 0.660. The predicted octanol–water partition coefficient (Wildman–Crippen LogP) is 14.1. The molecule has 1 heteroatoms. The molecule has 2 aliphatic carbocycles. The van der Waals surface area contributed by atoms with Gasteiger partial charge in [-0.1, -0.05) is 184 Å². The van der Waals surface area contributed by atoms with E-state index in [1.54, 1.807) is 0 Å². The topological polar surface area (TPSA) is 3.24 Å². The number of nitrogens with zero attached hydrogens (tertiary/aromatic N) is 1. The summed E-state index contributed by atoms with van der Waals surface area (Å²) >= 11 is 0. The standard InChI is InChI=1S/C53H41N/c1-52(2)44-28-15-14-26-42(44)51-47(52)30-18-32-49(51)54(48-31-17-27-40(36-19-7-4-8-20-36)50(48)37-21-9-5-10-22-37)39-33-34-46-43(35-39)41-25-13-16-29-45(41)53(46,3)38-23-11-6-12-24-38/h4-35H,1-3H3. The molecule has 0 spiro atoms. The molecule has 0 bridgehead atoms. The second-order valence-electron chi connectivity index (χ2n) is 15.4. The van der Waals surface area contributed by atoms with Crippen molar-refractivity contribution in [1.29, 1.82) is 0 Å². The monoisotopic (exact) mass is 691 g/mol. The van der Waals surface area contributed by atoms with E-state index < -0.39 is 0 Å². The molecule has 0 saturated carbocycles. The molecule has 54 heavy (non-hydrogen) atoms. The van der Waals surface area contributed by atoms with E-state index in [1.165, 1.54) is 78.0 Å². The van der Waals surface area contributed by atoms with Crippen LogP contribution in [0, 0.1) is 0 Å². The summed E-state index contributed by atoms with van der Waals surface area (Å²) in [7, 11) is 0. The van der Waals surface area contributed by atoms with E-state index in [2.05, 4.69) is 220 Å². The van der Waals surface area contributed by atoms with E-state index >= 15 is 0 Å². The van der Waals surface area contributed by atoms with Crippen LogP contribution >= 0.6 is 0 Å². The Kier molecular flexibility index (Phi) is 7.35. The van der Waals surface area contributed by atoms with Crippen LogP contribution in [-0.2, 0) is 10.8 Å². The Labute approximate surface area is 318 Å². The molecule has 0 aliphatic heterocycles. The normalized spacial score (nSPS) is 15.9. The first-order valence-electron chi connectivity index (χ1n) is 19.0. The fraction of sp³-hybridized carbons (Fsp3) is 0.0943. The number of hydrogen-bond donors (Lipinski definition) is 0. The third kappa shape index (κ3) is 4.71. The van der Waals surface area contributed by atoms with Gasteiger partial charge in [0.1, 0.15) is 0 Å². The minimum Gasteiger partial charge on any atom is -0.309 e. The second kappa shape index (κ2) is 12.3. The first-order chi connectivity index (χ1) is 26.5. The number of rotatable bonds is 6. The summed E-state index contributed by atoms with van der Waals surface area (Å²) in [6, 6.07) is 71.7. The van der Waals surface area contributed by atoms with Gasteiger partial charge < -0.3 is 4.90 Å². The molecule has 8 aromatic rings. The minimum atomic E-state index is -0.268. The second-order valence-corrected chi connectivity index (χ2v) is 15.4. The van der Waals surface area contributed by atoms with E-state index in [4.69, 9.17) is 0 Å². The highest BCUT2D eigenvalue weighted by molar-refractivity contribution is 6.02. The zero-order valence-electron chi connectivity index (χ0n) is 30.9. The minimum absolute atomic E-state index is 0.129. The molecule has 1 nitrogen and oxygen atoms in total. The first kappa shape index (κ1) is 32.2. The van der Waals surface area contributed by atoms with Gasteiger partial charge in [0.2, 0.25) is 0 Å². The van der Waals surface area contributed by atoms with Gasteiger partial charge >= 0.3 is 0 Å². The zero-order chi connectivity index (χ0) is 36.4. The van der Waals surface area contributed by atoms with Crippen molar-refractivity contribution in [2.45, 2.75) is 31.6 Å². The van der Waals surface area contributed by atoms with Crippen LogP contribution < -0.4 is 4.90 Å². The van der Waals surface area contributed by atoms with Gasteiger partial charge in [-0.15, -0.1) is 0 Å². The molecule has 0 saturated heterocycles. The third-order valence-corrected chi connectivity index (χ3v) is 12.2. The lowest BCUT2D eigenvalue weighted by Crippen LogP contribution is -2.22.